The number of hydrogen-bond acceptors (Lipinski definition) is 7. The minimum Gasteiger partial charge on any atom is -0.463 e. The molecule has 0 aliphatic carbocycles. The van der Waals surface area contributed by atoms with Crippen molar-refractivity contribution in [2.24, 2.45) is 10.7 Å². The second-order valence-corrected chi connectivity index (χ2v) is 9.30. The molecule has 0 unspecified atom stereocenters. The minimum atomic E-state index is -1.13. The van der Waals surface area contributed by atoms with Crippen LogP contribution in [0.5, 0.6) is 5.88 Å². The van der Waals surface area contributed by atoms with Gasteiger partial charge in [0.2, 0.25) is 11.8 Å². The molecule has 0 saturated carbocycles. The Bertz CT molecular complexity index is 1160. The number of rotatable bonds is 6. The van der Waals surface area contributed by atoms with E-state index < -0.39 is 21.9 Å². The number of carbonyl (C=O) groups is 1. The number of nitrogens with one attached hydrogen (secondary N) is 1. The van der Waals surface area contributed by atoms with E-state index in [1.807, 2.05) is 0 Å². The lowest BCUT2D eigenvalue weighted by molar-refractivity contribution is -0.123. The number of aromatic nitrogens is 2. The number of ether oxygens (including phenoxy) is 1. The summed E-state index contributed by atoms with van der Waals surface area (Å²) >= 11 is 1.13. The Balaban J connectivity index is 1.94. The van der Waals surface area contributed by atoms with Crippen molar-refractivity contribution in [2.45, 2.75) is 30.6 Å². The zero-order valence-electron chi connectivity index (χ0n) is 18.4. The van der Waals surface area contributed by atoms with Crippen molar-refractivity contribution in [3.05, 3.63) is 53.2 Å². The van der Waals surface area contributed by atoms with Gasteiger partial charge in [-0.2, -0.15) is 0 Å². The number of nitrogens with two attached hydrogens (primary N) is 1. The summed E-state index contributed by atoms with van der Waals surface area (Å²) in [7, 11) is 1.53. The van der Waals surface area contributed by atoms with E-state index in [0.29, 0.717) is 5.56 Å². The van der Waals surface area contributed by atoms with Crippen LogP contribution in [0.2, 0.25) is 0 Å². The Morgan fingerprint density at radius 2 is 2.15 bits per heavy atom. The molecule has 0 spiro atoms. The molecule has 172 valence electrons. The summed E-state index contributed by atoms with van der Waals surface area (Å²) in [4.78, 5) is 24.8. The molecular formula is C23H23F2N5O2S. The third kappa shape index (κ3) is 5.31. The maximum atomic E-state index is 14.9. The SMILES string of the molecule is C#CCOc1cnc(/C(F)=C/c2ccc(F)c([C@]3(C)C[C@@](C)(C(=O)NC)SC(N)=N3)c2)cn1. The number of amidine groups is 1. The van der Waals surface area contributed by atoms with Crippen molar-refractivity contribution in [1.29, 1.82) is 0 Å². The van der Waals surface area contributed by atoms with Crippen molar-refractivity contribution in [1.82, 2.24) is 15.3 Å². The van der Waals surface area contributed by atoms with Gasteiger partial charge in [0, 0.05) is 19.0 Å². The van der Waals surface area contributed by atoms with E-state index in [0.717, 1.165) is 11.8 Å². The van der Waals surface area contributed by atoms with Gasteiger partial charge in [-0.25, -0.2) is 18.7 Å². The third-order valence-corrected chi connectivity index (χ3v) is 6.20. The lowest BCUT2D eigenvalue weighted by Crippen LogP contribution is -2.49. The molecule has 1 aliphatic rings. The van der Waals surface area contributed by atoms with Gasteiger partial charge in [0.1, 0.15) is 16.3 Å². The monoisotopic (exact) mass is 471 g/mol. The summed E-state index contributed by atoms with van der Waals surface area (Å²) in [5, 5.41) is 2.79. The lowest BCUT2D eigenvalue weighted by atomic mass is 9.82. The number of aliphatic imine (C=N–C) groups is 1. The molecule has 2 aromatic rings. The van der Waals surface area contributed by atoms with Gasteiger partial charge in [0.25, 0.3) is 0 Å². The van der Waals surface area contributed by atoms with Crippen LogP contribution in [0.15, 0.2) is 35.6 Å². The van der Waals surface area contributed by atoms with Gasteiger partial charge in [-0.15, -0.1) is 6.42 Å². The molecule has 33 heavy (non-hydrogen) atoms. The van der Waals surface area contributed by atoms with E-state index in [2.05, 4.69) is 26.2 Å². The summed E-state index contributed by atoms with van der Waals surface area (Å²) in [5.74, 6) is 1.02. The summed E-state index contributed by atoms with van der Waals surface area (Å²) < 4.78 is 33.9. The van der Waals surface area contributed by atoms with E-state index >= 15 is 0 Å². The fourth-order valence-corrected chi connectivity index (χ4v) is 4.93. The van der Waals surface area contributed by atoms with Gasteiger partial charge >= 0.3 is 0 Å². The summed E-state index contributed by atoms with van der Waals surface area (Å²) in [6.45, 7) is 3.45. The third-order valence-electron chi connectivity index (χ3n) is 5.12. The van der Waals surface area contributed by atoms with Crippen LogP contribution in [0, 0.1) is 18.2 Å². The molecule has 1 aliphatic heterocycles. The van der Waals surface area contributed by atoms with Crippen LogP contribution in [-0.4, -0.2) is 39.4 Å². The smallest absolute Gasteiger partial charge is 0.236 e. The molecule has 10 heteroatoms. The van der Waals surface area contributed by atoms with Gasteiger partial charge < -0.3 is 15.8 Å². The highest BCUT2D eigenvalue weighted by Gasteiger charge is 2.47. The highest BCUT2D eigenvalue weighted by Crippen LogP contribution is 2.46. The number of benzene rings is 1. The van der Waals surface area contributed by atoms with E-state index in [1.165, 1.54) is 43.7 Å². The predicted octanol–water partition coefficient (Wildman–Crippen LogP) is 3.27. The topological polar surface area (TPSA) is 102 Å². The molecule has 2 heterocycles. The van der Waals surface area contributed by atoms with E-state index in [4.69, 9.17) is 16.9 Å². The second-order valence-electron chi connectivity index (χ2n) is 7.78. The molecule has 1 aromatic heterocycles. The maximum Gasteiger partial charge on any atom is 0.236 e. The fourth-order valence-electron chi connectivity index (χ4n) is 3.67. The van der Waals surface area contributed by atoms with E-state index in [1.54, 1.807) is 13.8 Å². The van der Waals surface area contributed by atoms with Crippen LogP contribution in [-0.2, 0) is 10.3 Å². The zero-order valence-corrected chi connectivity index (χ0v) is 19.2. The Kier molecular flexibility index (Phi) is 7.03. The molecule has 3 rings (SSSR count). The Labute approximate surface area is 194 Å². The number of hydrogen-bond donors (Lipinski definition) is 2. The zero-order chi connectivity index (χ0) is 24.2. The molecule has 1 aromatic carbocycles. The van der Waals surface area contributed by atoms with Gasteiger partial charge in [-0.3, -0.25) is 9.79 Å². The van der Waals surface area contributed by atoms with Crippen LogP contribution < -0.4 is 15.8 Å². The van der Waals surface area contributed by atoms with Crippen LogP contribution in [0.1, 0.15) is 37.1 Å². The Morgan fingerprint density at radius 1 is 1.39 bits per heavy atom. The van der Waals surface area contributed by atoms with Crippen LogP contribution >= 0.6 is 11.8 Å². The molecule has 1 amide bonds. The molecular weight excluding hydrogens is 448 g/mol. The first-order valence-electron chi connectivity index (χ1n) is 9.92. The Morgan fingerprint density at radius 3 is 2.79 bits per heavy atom. The van der Waals surface area contributed by atoms with Crippen LogP contribution in [0.25, 0.3) is 11.9 Å². The molecule has 0 bridgehead atoms. The predicted molar refractivity (Wildman–Crippen MR) is 125 cm³/mol. The van der Waals surface area contributed by atoms with Gasteiger partial charge in [0.05, 0.1) is 17.9 Å². The summed E-state index contributed by atoms with van der Waals surface area (Å²) in [6.07, 6.45) is 8.99. The highest BCUT2D eigenvalue weighted by atomic mass is 32.2. The number of halogens is 2. The molecule has 3 N–H and O–H groups in total. The number of carbonyl (C=O) groups excluding carboxylic acids is 1. The van der Waals surface area contributed by atoms with Crippen LogP contribution in [0.3, 0.4) is 0 Å². The van der Waals surface area contributed by atoms with E-state index in [9.17, 15) is 13.6 Å². The summed E-state index contributed by atoms with van der Waals surface area (Å²) in [5.41, 5.74) is 5.44. The Hall–Kier alpha value is -3.45. The number of thioether (sulfide) groups is 1. The lowest BCUT2D eigenvalue weighted by Gasteiger charge is -2.40. The molecule has 0 fully saturated rings. The first kappa shape index (κ1) is 24.2. The highest BCUT2D eigenvalue weighted by molar-refractivity contribution is 8.15. The maximum absolute atomic E-state index is 14.9. The minimum absolute atomic E-state index is 0.0218. The average molecular weight is 472 g/mol. The van der Waals surface area contributed by atoms with Crippen molar-refractivity contribution < 1.29 is 18.3 Å². The number of nitrogens with zero attached hydrogens (tertiary/aromatic N) is 3. The average Bonchev–Trinajstić information content (AvgIpc) is 2.77. The van der Waals surface area contributed by atoms with Crippen molar-refractivity contribution in [2.75, 3.05) is 13.7 Å². The van der Waals surface area contributed by atoms with E-state index in [-0.39, 0.29) is 41.2 Å². The molecule has 0 radical (unpaired) electrons. The molecule has 0 saturated heterocycles. The van der Waals surface area contributed by atoms with Crippen molar-refractivity contribution >= 4 is 34.7 Å². The normalized spacial score (nSPS) is 22.8. The number of terminal acetylenes is 1. The second kappa shape index (κ2) is 9.58. The van der Waals surface area contributed by atoms with Crippen molar-refractivity contribution in [3.8, 4) is 18.2 Å². The molecule has 2 atom stereocenters. The van der Waals surface area contributed by atoms with Crippen LogP contribution in [0.4, 0.5) is 8.78 Å². The number of amides is 1. The largest absolute Gasteiger partial charge is 0.463 e. The van der Waals surface area contributed by atoms with Gasteiger partial charge in [0.15, 0.2) is 17.6 Å². The van der Waals surface area contributed by atoms with Gasteiger partial charge in [-0.1, -0.05) is 23.7 Å². The summed E-state index contributed by atoms with van der Waals surface area (Å²) in [6, 6.07) is 4.15. The molecule has 7 nitrogen and oxygen atoms in total. The standard InChI is InChI=1S/C23H23F2N5O2S/c1-5-8-32-19-12-28-18(11-29-19)17(25)10-14-6-7-16(24)15(9-14)22(2)13-23(3,20(31)27-4)33-21(26)30-22/h1,6-7,9-12H,8,13H2,2-4H3,(H2,26,30)(H,27,31)/b17-10-/t22-,23-/m0/s1. The first-order chi connectivity index (χ1) is 15.6. The van der Waals surface area contributed by atoms with Gasteiger partial charge in [-0.05, 0) is 37.6 Å². The fraction of sp³-hybridized carbons (Fsp3) is 0.304. The first-order valence-corrected chi connectivity index (χ1v) is 10.7. The quantitative estimate of drug-likeness (QED) is 0.627. The van der Waals surface area contributed by atoms with Crippen molar-refractivity contribution in [3.63, 3.8) is 0 Å².